The molecular formula is C17H23N5O. The SMILES string of the molecule is CC(=O)c1ccc(Nc2ncnc(NCCC(C)C)c2N)cc1. The van der Waals surface area contributed by atoms with Crippen LogP contribution in [0.4, 0.5) is 23.0 Å². The van der Waals surface area contributed by atoms with Gasteiger partial charge in [0.15, 0.2) is 17.4 Å². The quantitative estimate of drug-likeness (QED) is 0.678. The zero-order valence-corrected chi connectivity index (χ0v) is 13.8. The highest BCUT2D eigenvalue weighted by molar-refractivity contribution is 5.94. The number of nitrogens with one attached hydrogen (secondary N) is 2. The molecule has 0 aliphatic rings. The number of anilines is 4. The molecule has 0 aliphatic carbocycles. The van der Waals surface area contributed by atoms with Gasteiger partial charge in [-0.15, -0.1) is 0 Å². The molecule has 122 valence electrons. The van der Waals surface area contributed by atoms with Gasteiger partial charge in [-0.05, 0) is 43.5 Å². The second kappa shape index (κ2) is 7.58. The number of carbonyl (C=O) groups excluding carboxylic acids is 1. The van der Waals surface area contributed by atoms with Crippen molar-refractivity contribution in [3.05, 3.63) is 36.2 Å². The summed E-state index contributed by atoms with van der Waals surface area (Å²) in [5, 5.41) is 6.38. The van der Waals surface area contributed by atoms with Crippen molar-refractivity contribution in [1.29, 1.82) is 0 Å². The van der Waals surface area contributed by atoms with E-state index in [0.29, 0.717) is 28.8 Å². The van der Waals surface area contributed by atoms with Crippen molar-refractivity contribution in [2.45, 2.75) is 27.2 Å². The van der Waals surface area contributed by atoms with Crippen molar-refractivity contribution < 1.29 is 4.79 Å². The molecular weight excluding hydrogens is 290 g/mol. The third-order valence-corrected chi connectivity index (χ3v) is 3.45. The van der Waals surface area contributed by atoms with E-state index in [9.17, 15) is 4.79 Å². The van der Waals surface area contributed by atoms with Crippen LogP contribution in [0.5, 0.6) is 0 Å². The Kier molecular flexibility index (Phi) is 5.51. The third-order valence-electron chi connectivity index (χ3n) is 3.45. The average Bonchev–Trinajstić information content (AvgIpc) is 2.51. The Labute approximate surface area is 136 Å². The van der Waals surface area contributed by atoms with Crippen LogP contribution < -0.4 is 16.4 Å². The Hall–Kier alpha value is -2.63. The fourth-order valence-electron chi connectivity index (χ4n) is 2.04. The van der Waals surface area contributed by atoms with E-state index in [1.807, 2.05) is 12.1 Å². The number of benzene rings is 1. The fourth-order valence-corrected chi connectivity index (χ4v) is 2.04. The first kappa shape index (κ1) is 16.7. The minimum absolute atomic E-state index is 0.0368. The second-order valence-electron chi connectivity index (χ2n) is 5.85. The Balaban J connectivity index is 2.09. The highest BCUT2D eigenvalue weighted by Gasteiger charge is 2.08. The second-order valence-corrected chi connectivity index (χ2v) is 5.85. The smallest absolute Gasteiger partial charge is 0.159 e. The zero-order valence-electron chi connectivity index (χ0n) is 13.8. The first-order valence-electron chi connectivity index (χ1n) is 7.69. The van der Waals surface area contributed by atoms with Gasteiger partial charge < -0.3 is 16.4 Å². The Morgan fingerprint density at radius 1 is 1.17 bits per heavy atom. The summed E-state index contributed by atoms with van der Waals surface area (Å²) in [4.78, 5) is 19.7. The van der Waals surface area contributed by atoms with Crippen molar-refractivity contribution >= 4 is 28.8 Å². The number of ketones is 1. The Bertz CT molecular complexity index is 667. The van der Waals surface area contributed by atoms with Gasteiger partial charge in [0.05, 0.1) is 0 Å². The summed E-state index contributed by atoms with van der Waals surface area (Å²) in [6, 6.07) is 7.18. The topological polar surface area (TPSA) is 92.9 Å². The monoisotopic (exact) mass is 313 g/mol. The molecule has 0 saturated carbocycles. The number of hydrogen-bond donors (Lipinski definition) is 3. The average molecular weight is 313 g/mol. The molecule has 23 heavy (non-hydrogen) atoms. The molecule has 0 aliphatic heterocycles. The first-order valence-corrected chi connectivity index (χ1v) is 7.69. The van der Waals surface area contributed by atoms with Gasteiger partial charge in [-0.25, -0.2) is 9.97 Å². The third kappa shape index (κ3) is 4.67. The van der Waals surface area contributed by atoms with Crippen LogP contribution in [0.3, 0.4) is 0 Å². The molecule has 0 spiro atoms. The van der Waals surface area contributed by atoms with Gasteiger partial charge in [0.2, 0.25) is 0 Å². The lowest BCUT2D eigenvalue weighted by Gasteiger charge is -2.13. The highest BCUT2D eigenvalue weighted by Crippen LogP contribution is 2.26. The molecule has 0 fully saturated rings. The van der Waals surface area contributed by atoms with Gasteiger partial charge in [-0.1, -0.05) is 13.8 Å². The molecule has 0 unspecified atom stereocenters. The standard InChI is InChI=1S/C17H23N5O/c1-11(2)8-9-19-16-15(18)17(21-10-20-16)22-14-6-4-13(5-7-14)12(3)23/h4-7,10-11H,8-9,18H2,1-3H3,(H2,19,20,21,22). The molecule has 0 bridgehead atoms. The summed E-state index contributed by atoms with van der Waals surface area (Å²) in [7, 11) is 0. The normalized spacial score (nSPS) is 10.6. The predicted octanol–water partition coefficient (Wildman–Crippen LogP) is 3.46. The van der Waals surface area contributed by atoms with Crippen molar-refractivity contribution in [3.63, 3.8) is 0 Å². The number of rotatable bonds is 7. The van der Waals surface area contributed by atoms with Crippen LogP contribution in [0.25, 0.3) is 0 Å². The molecule has 6 heteroatoms. The number of nitrogen functional groups attached to an aromatic ring is 1. The van der Waals surface area contributed by atoms with Crippen LogP contribution in [0.15, 0.2) is 30.6 Å². The molecule has 2 aromatic rings. The van der Waals surface area contributed by atoms with Gasteiger partial charge in [-0.3, -0.25) is 4.79 Å². The molecule has 0 atom stereocenters. The van der Waals surface area contributed by atoms with Crippen LogP contribution in [-0.4, -0.2) is 22.3 Å². The number of Topliss-reactive ketones (excluding diaryl/α,β-unsaturated/α-hetero) is 1. The first-order chi connectivity index (χ1) is 11.0. The van der Waals surface area contributed by atoms with Crippen molar-refractivity contribution in [3.8, 4) is 0 Å². The van der Waals surface area contributed by atoms with Gasteiger partial charge in [0.1, 0.15) is 12.0 Å². The van der Waals surface area contributed by atoms with Crippen LogP contribution in [0.2, 0.25) is 0 Å². The van der Waals surface area contributed by atoms with Crippen LogP contribution >= 0.6 is 0 Å². The molecule has 1 aromatic heterocycles. The maximum atomic E-state index is 11.3. The summed E-state index contributed by atoms with van der Waals surface area (Å²) in [6.45, 7) is 6.69. The van der Waals surface area contributed by atoms with Crippen LogP contribution in [0.1, 0.15) is 37.6 Å². The molecule has 2 rings (SSSR count). The number of carbonyl (C=O) groups is 1. The van der Waals surface area contributed by atoms with E-state index in [1.54, 1.807) is 19.1 Å². The van der Waals surface area contributed by atoms with Gasteiger partial charge >= 0.3 is 0 Å². The fraction of sp³-hybridized carbons (Fsp3) is 0.353. The number of hydrogen-bond acceptors (Lipinski definition) is 6. The van der Waals surface area contributed by atoms with Crippen molar-refractivity contribution in [2.75, 3.05) is 22.9 Å². The summed E-state index contributed by atoms with van der Waals surface area (Å²) in [5.41, 5.74) is 8.08. The molecule has 1 heterocycles. The summed E-state index contributed by atoms with van der Waals surface area (Å²) < 4.78 is 0. The Morgan fingerprint density at radius 2 is 1.83 bits per heavy atom. The zero-order chi connectivity index (χ0) is 16.8. The van der Waals surface area contributed by atoms with Gasteiger partial charge in [0.25, 0.3) is 0 Å². The molecule has 0 amide bonds. The Morgan fingerprint density at radius 3 is 2.43 bits per heavy atom. The van der Waals surface area contributed by atoms with Crippen LogP contribution in [-0.2, 0) is 0 Å². The van der Waals surface area contributed by atoms with Crippen molar-refractivity contribution in [2.24, 2.45) is 5.92 Å². The maximum absolute atomic E-state index is 11.3. The van der Waals surface area contributed by atoms with Gasteiger partial charge in [-0.2, -0.15) is 0 Å². The molecule has 4 N–H and O–H groups in total. The summed E-state index contributed by atoms with van der Waals surface area (Å²) >= 11 is 0. The van der Waals surface area contributed by atoms with E-state index in [-0.39, 0.29) is 5.78 Å². The molecule has 6 nitrogen and oxygen atoms in total. The number of aromatic nitrogens is 2. The lowest BCUT2D eigenvalue weighted by Crippen LogP contribution is -2.10. The minimum Gasteiger partial charge on any atom is -0.393 e. The summed E-state index contributed by atoms with van der Waals surface area (Å²) in [6.07, 6.45) is 2.51. The predicted molar refractivity (Wildman–Crippen MR) is 94.1 cm³/mol. The van der Waals surface area contributed by atoms with Gasteiger partial charge in [0, 0.05) is 17.8 Å². The highest BCUT2D eigenvalue weighted by atomic mass is 16.1. The maximum Gasteiger partial charge on any atom is 0.159 e. The van der Waals surface area contributed by atoms with Crippen molar-refractivity contribution in [1.82, 2.24) is 9.97 Å². The van der Waals surface area contributed by atoms with E-state index < -0.39 is 0 Å². The molecule has 0 radical (unpaired) electrons. The van der Waals surface area contributed by atoms with E-state index in [2.05, 4.69) is 34.4 Å². The molecule has 1 aromatic carbocycles. The lowest BCUT2D eigenvalue weighted by molar-refractivity contribution is 0.101. The molecule has 0 saturated heterocycles. The van der Waals surface area contributed by atoms with E-state index in [1.165, 1.54) is 6.33 Å². The van der Waals surface area contributed by atoms with E-state index in [4.69, 9.17) is 5.73 Å². The number of nitrogens with two attached hydrogens (primary N) is 1. The largest absolute Gasteiger partial charge is 0.393 e. The van der Waals surface area contributed by atoms with Crippen LogP contribution in [0, 0.1) is 5.92 Å². The minimum atomic E-state index is 0.0368. The van der Waals surface area contributed by atoms with E-state index in [0.717, 1.165) is 18.7 Å². The summed E-state index contributed by atoms with van der Waals surface area (Å²) in [5.74, 6) is 1.82. The lowest BCUT2D eigenvalue weighted by atomic mass is 10.1. The number of nitrogens with zero attached hydrogens (tertiary/aromatic N) is 2. The van der Waals surface area contributed by atoms with E-state index >= 15 is 0 Å².